The molecule has 1 unspecified atom stereocenters. The predicted molar refractivity (Wildman–Crippen MR) is 118 cm³/mol. The van der Waals surface area contributed by atoms with Gasteiger partial charge in [-0.15, -0.1) is 0 Å². The van der Waals surface area contributed by atoms with Gasteiger partial charge in [-0.3, -0.25) is 14.5 Å². The van der Waals surface area contributed by atoms with E-state index in [1.54, 1.807) is 42.5 Å². The smallest absolute Gasteiger partial charge is 0.251 e. The fourth-order valence-electron chi connectivity index (χ4n) is 4.24. The number of anilines is 2. The molecule has 7 heteroatoms. The molecular weight excluding hydrogens is 397 g/mol. The van der Waals surface area contributed by atoms with E-state index in [1.165, 1.54) is 11.0 Å². The van der Waals surface area contributed by atoms with E-state index in [9.17, 15) is 14.0 Å². The van der Waals surface area contributed by atoms with Crippen LogP contribution in [0.3, 0.4) is 0 Å². The lowest BCUT2D eigenvalue weighted by molar-refractivity contribution is -0.123. The zero-order valence-corrected chi connectivity index (χ0v) is 17.7. The minimum absolute atomic E-state index is 0.145. The maximum Gasteiger partial charge on any atom is 0.251 e. The molecular formula is C24H28FN3O3. The van der Waals surface area contributed by atoms with Gasteiger partial charge in [-0.25, -0.2) is 9.29 Å². The Hall–Kier alpha value is -2.93. The Balaban J connectivity index is 1.35. The van der Waals surface area contributed by atoms with Crippen LogP contribution < -0.4 is 15.0 Å². The zero-order chi connectivity index (χ0) is 21.8. The van der Waals surface area contributed by atoms with Crippen molar-refractivity contribution < 1.29 is 18.7 Å². The van der Waals surface area contributed by atoms with Gasteiger partial charge in [0.05, 0.1) is 30.4 Å². The van der Waals surface area contributed by atoms with Crippen molar-refractivity contribution in [3.05, 3.63) is 54.3 Å². The Morgan fingerprint density at radius 1 is 1.06 bits per heavy atom. The molecule has 6 nitrogen and oxygen atoms in total. The molecule has 0 aliphatic carbocycles. The lowest BCUT2D eigenvalue weighted by Crippen LogP contribution is -2.48. The van der Waals surface area contributed by atoms with Crippen molar-refractivity contribution in [1.82, 2.24) is 4.90 Å². The second kappa shape index (κ2) is 9.47. The maximum atomic E-state index is 13.9. The molecule has 2 heterocycles. The van der Waals surface area contributed by atoms with Gasteiger partial charge < -0.3 is 10.1 Å². The van der Waals surface area contributed by atoms with Crippen LogP contribution in [0.1, 0.15) is 32.6 Å². The highest BCUT2D eigenvalue weighted by atomic mass is 19.1. The number of carbonyl (C=O) groups excluding carboxylic acids is 2. The Bertz CT molecular complexity index is 926. The number of carbonyl (C=O) groups is 2. The molecule has 164 valence electrons. The summed E-state index contributed by atoms with van der Waals surface area (Å²) in [6.45, 7) is 4.04. The largest absolute Gasteiger partial charge is 0.494 e. The number of benzene rings is 2. The molecule has 31 heavy (non-hydrogen) atoms. The summed E-state index contributed by atoms with van der Waals surface area (Å²) in [6, 6.07) is 13.5. The van der Waals surface area contributed by atoms with Crippen molar-refractivity contribution in [3.63, 3.8) is 0 Å². The fourth-order valence-corrected chi connectivity index (χ4v) is 4.24. The second-order valence-corrected chi connectivity index (χ2v) is 8.06. The number of nitrogens with zero attached hydrogens (tertiary/aromatic N) is 2. The number of para-hydroxylation sites is 1. The molecule has 0 spiro atoms. The van der Waals surface area contributed by atoms with E-state index in [0.29, 0.717) is 31.1 Å². The Morgan fingerprint density at radius 2 is 1.77 bits per heavy atom. The number of hydrogen-bond donors (Lipinski definition) is 1. The van der Waals surface area contributed by atoms with Gasteiger partial charge in [0.15, 0.2) is 0 Å². The molecule has 1 N–H and O–H groups in total. The molecule has 0 bridgehead atoms. The highest BCUT2D eigenvalue weighted by molar-refractivity contribution is 6.22. The highest BCUT2D eigenvalue weighted by Gasteiger charge is 2.43. The zero-order valence-electron chi connectivity index (χ0n) is 17.7. The summed E-state index contributed by atoms with van der Waals surface area (Å²) in [4.78, 5) is 29.1. The third-order valence-corrected chi connectivity index (χ3v) is 5.89. The topological polar surface area (TPSA) is 61.9 Å². The number of amides is 2. The van der Waals surface area contributed by atoms with Crippen molar-refractivity contribution in [3.8, 4) is 5.75 Å². The summed E-state index contributed by atoms with van der Waals surface area (Å²) in [6.07, 6.45) is 2.68. The summed E-state index contributed by atoms with van der Waals surface area (Å²) in [5, 5.41) is 3.26. The average Bonchev–Trinajstić information content (AvgIpc) is 3.09. The molecule has 2 saturated heterocycles. The molecule has 0 radical (unpaired) electrons. The summed E-state index contributed by atoms with van der Waals surface area (Å²) >= 11 is 0. The average molecular weight is 426 g/mol. The highest BCUT2D eigenvalue weighted by Crippen LogP contribution is 2.29. The van der Waals surface area contributed by atoms with E-state index in [0.717, 1.165) is 25.0 Å². The predicted octanol–water partition coefficient (Wildman–Crippen LogP) is 3.82. The molecule has 2 aliphatic heterocycles. The summed E-state index contributed by atoms with van der Waals surface area (Å²) in [7, 11) is 0. The first-order chi connectivity index (χ1) is 15.1. The number of imide groups is 1. The minimum atomic E-state index is -0.432. The van der Waals surface area contributed by atoms with Gasteiger partial charge in [-0.1, -0.05) is 19.1 Å². The normalized spacial score (nSPS) is 20.3. The molecule has 2 aromatic rings. The first kappa shape index (κ1) is 21.3. The number of rotatable bonds is 7. The van der Waals surface area contributed by atoms with E-state index in [2.05, 4.69) is 10.2 Å². The number of piperidine rings is 1. The van der Waals surface area contributed by atoms with Gasteiger partial charge in [-0.05, 0) is 55.7 Å². The standard InChI is InChI=1S/C24H28FN3O3/c1-2-15-31-19-9-7-18(8-10-19)28-23(29)16-22(24(28)30)27-13-11-17(12-14-27)26-21-6-4-3-5-20(21)25/h3-10,17,22,26H,2,11-16H2,1H3. The number of ether oxygens (including phenoxy) is 1. The monoisotopic (exact) mass is 425 g/mol. The van der Waals surface area contributed by atoms with Crippen LogP contribution in [0.15, 0.2) is 48.5 Å². The van der Waals surface area contributed by atoms with Crippen LogP contribution in [0.5, 0.6) is 5.75 Å². The molecule has 0 saturated carbocycles. The van der Waals surface area contributed by atoms with Gasteiger partial charge in [-0.2, -0.15) is 0 Å². The van der Waals surface area contributed by atoms with Crippen LogP contribution in [0.25, 0.3) is 0 Å². The van der Waals surface area contributed by atoms with Crippen LogP contribution in [-0.2, 0) is 9.59 Å². The molecule has 0 aromatic heterocycles. The van der Waals surface area contributed by atoms with E-state index in [-0.39, 0.29) is 30.1 Å². The van der Waals surface area contributed by atoms with Crippen LogP contribution >= 0.6 is 0 Å². The molecule has 2 aromatic carbocycles. The maximum absolute atomic E-state index is 13.9. The first-order valence-electron chi connectivity index (χ1n) is 10.9. The quantitative estimate of drug-likeness (QED) is 0.684. The molecule has 4 rings (SSSR count). The molecule has 2 aliphatic rings. The van der Waals surface area contributed by atoms with Crippen molar-refractivity contribution in [1.29, 1.82) is 0 Å². The third kappa shape index (κ3) is 4.71. The summed E-state index contributed by atoms with van der Waals surface area (Å²) in [5.74, 6) is 0.116. The molecule has 2 fully saturated rings. The van der Waals surface area contributed by atoms with Crippen molar-refractivity contribution in [2.45, 2.75) is 44.7 Å². The Labute approximate surface area is 182 Å². The number of nitrogens with one attached hydrogen (secondary N) is 1. The van der Waals surface area contributed by atoms with E-state index in [4.69, 9.17) is 4.74 Å². The summed E-state index contributed by atoms with van der Waals surface area (Å²) in [5.41, 5.74) is 1.09. The molecule has 2 amide bonds. The number of hydrogen-bond acceptors (Lipinski definition) is 5. The van der Waals surface area contributed by atoms with Gasteiger partial charge in [0.1, 0.15) is 11.6 Å². The van der Waals surface area contributed by atoms with Crippen molar-refractivity contribution >= 4 is 23.2 Å². The van der Waals surface area contributed by atoms with Crippen LogP contribution in [-0.4, -0.2) is 48.5 Å². The van der Waals surface area contributed by atoms with Crippen molar-refractivity contribution in [2.24, 2.45) is 0 Å². The van der Waals surface area contributed by atoms with E-state index >= 15 is 0 Å². The van der Waals surface area contributed by atoms with E-state index < -0.39 is 6.04 Å². The Morgan fingerprint density at radius 3 is 2.45 bits per heavy atom. The van der Waals surface area contributed by atoms with Crippen LogP contribution in [0.2, 0.25) is 0 Å². The van der Waals surface area contributed by atoms with Gasteiger partial charge >= 0.3 is 0 Å². The third-order valence-electron chi connectivity index (χ3n) is 5.89. The van der Waals surface area contributed by atoms with Gasteiger partial charge in [0.2, 0.25) is 5.91 Å². The lowest BCUT2D eigenvalue weighted by Gasteiger charge is -2.35. The van der Waals surface area contributed by atoms with Gasteiger partial charge in [0.25, 0.3) is 5.91 Å². The van der Waals surface area contributed by atoms with E-state index in [1.807, 2.05) is 6.92 Å². The van der Waals surface area contributed by atoms with Crippen LogP contribution in [0, 0.1) is 5.82 Å². The Kier molecular flexibility index (Phi) is 6.51. The minimum Gasteiger partial charge on any atom is -0.494 e. The lowest BCUT2D eigenvalue weighted by atomic mass is 10.0. The SMILES string of the molecule is CCCOc1ccc(N2C(=O)CC(N3CCC(Nc4ccccc4F)CC3)C2=O)cc1. The summed E-state index contributed by atoms with van der Waals surface area (Å²) < 4.78 is 19.5. The molecule has 1 atom stereocenters. The second-order valence-electron chi connectivity index (χ2n) is 8.06. The first-order valence-corrected chi connectivity index (χ1v) is 10.9. The fraction of sp³-hybridized carbons (Fsp3) is 0.417. The number of likely N-dealkylation sites (tertiary alicyclic amines) is 1. The van der Waals surface area contributed by atoms with Gasteiger partial charge in [0, 0.05) is 19.1 Å². The van der Waals surface area contributed by atoms with Crippen molar-refractivity contribution in [2.75, 3.05) is 29.9 Å². The number of halogens is 1. The van der Waals surface area contributed by atoms with Crippen LogP contribution in [0.4, 0.5) is 15.8 Å².